The van der Waals surface area contributed by atoms with Gasteiger partial charge in [-0.1, -0.05) is 40.2 Å². The summed E-state index contributed by atoms with van der Waals surface area (Å²) in [5.74, 6) is -2.49. The van der Waals surface area contributed by atoms with Gasteiger partial charge in [0, 0.05) is 0 Å². The van der Waals surface area contributed by atoms with E-state index in [1.165, 1.54) is 13.0 Å². The molecule has 0 bridgehead atoms. The number of halogens is 3. The molecular weight excluding hydrogens is 297 g/mol. The minimum Gasteiger partial charge on any atom is -0.207 e. The SMILES string of the molecule is C=C(C)/C(F)=C(/F)C(=C)C(C)CCC(C)C(=C)/C=C(/F)C(=C)C. The molecule has 2 atom stereocenters. The zero-order valence-corrected chi connectivity index (χ0v) is 14.6. The van der Waals surface area contributed by atoms with Crippen molar-refractivity contribution < 1.29 is 13.2 Å². The first-order valence-corrected chi connectivity index (χ1v) is 7.61. The molecule has 0 aromatic carbocycles. The van der Waals surface area contributed by atoms with Crippen LogP contribution in [0.3, 0.4) is 0 Å². The Bertz CT molecular complexity index is 561. The zero-order valence-electron chi connectivity index (χ0n) is 14.6. The second kappa shape index (κ2) is 9.39. The molecule has 0 fully saturated rings. The normalized spacial score (nSPS) is 15.5. The summed E-state index contributed by atoms with van der Waals surface area (Å²) in [7, 11) is 0. The third kappa shape index (κ3) is 6.89. The molecule has 0 N–H and O–H groups in total. The molecular formula is C20H27F3. The van der Waals surface area contributed by atoms with Gasteiger partial charge in [-0.3, -0.25) is 0 Å². The Kier molecular flexibility index (Phi) is 8.66. The zero-order chi connectivity index (χ0) is 18.3. The minimum absolute atomic E-state index is 0.0216. The fourth-order valence-electron chi connectivity index (χ4n) is 1.83. The molecule has 0 aliphatic carbocycles. The van der Waals surface area contributed by atoms with Gasteiger partial charge in [-0.05, 0) is 66.9 Å². The molecule has 0 aliphatic heterocycles. The van der Waals surface area contributed by atoms with Gasteiger partial charge in [0.2, 0.25) is 0 Å². The molecule has 0 spiro atoms. The topological polar surface area (TPSA) is 0 Å². The van der Waals surface area contributed by atoms with Crippen LogP contribution in [0.5, 0.6) is 0 Å². The van der Waals surface area contributed by atoms with Gasteiger partial charge in [-0.25, -0.2) is 13.2 Å². The third-order valence-electron chi connectivity index (χ3n) is 3.83. The van der Waals surface area contributed by atoms with Gasteiger partial charge in [0.15, 0.2) is 11.7 Å². The van der Waals surface area contributed by atoms with Crippen molar-refractivity contribution in [2.24, 2.45) is 11.8 Å². The second-order valence-corrected chi connectivity index (χ2v) is 6.16. The molecule has 0 amide bonds. The lowest BCUT2D eigenvalue weighted by Gasteiger charge is -2.18. The van der Waals surface area contributed by atoms with Gasteiger partial charge < -0.3 is 0 Å². The van der Waals surface area contributed by atoms with E-state index >= 15 is 0 Å². The quantitative estimate of drug-likeness (QED) is 0.390. The van der Waals surface area contributed by atoms with Crippen molar-refractivity contribution in [2.45, 2.75) is 40.5 Å². The summed E-state index contributed by atoms with van der Waals surface area (Å²) in [6, 6.07) is 0. The second-order valence-electron chi connectivity index (χ2n) is 6.16. The van der Waals surface area contributed by atoms with Crippen LogP contribution in [0.2, 0.25) is 0 Å². The highest BCUT2D eigenvalue weighted by Gasteiger charge is 2.18. The highest BCUT2D eigenvalue weighted by atomic mass is 19.2. The van der Waals surface area contributed by atoms with E-state index in [2.05, 4.69) is 26.3 Å². The Labute approximate surface area is 138 Å². The van der Waals surface area contributed by atoms with E-state index in [4.69, 9.17) is 0 Å². The summed E-state index contributed by atoms with van der Waals surface area (Å²) >= 11 is 0. The molecule has 3 heteroatoms. The van der Waals surface area contributed by atoms with Crippen LogP contribution in [0.25, 0.3) is 0 Å². The van der Waals surface area contributed by atoms with E-state index in [-0.39, 0.29) is 23.0 Å². The molecule has 0 radical (unpaired) electrons. The molecule has 0 aromatic rings. The van der Waals surface area contributed by atoms with Crippen LogP contribution in [0.1, 0.15) is 40.5 Å². The first-order valence-electron chi connectivity index (χ1n) is 7.61. The van der Waals surface area contributed by atoms with Gasteiger partial charge in [0.25, 0.3) is 0 Å². The van der Waals surface area contributed by atoms with Crippen molar-refractivity contribution in [1.82, 2.24) is 0 Å². The van der Waals surface area contributed by atoms with Gasteiger partial charge >= 0.3 is 0 Å². The maximum atomic E-state index is 13.9. The van der Waals surface area contributed by atoms with Crippen LogP contribution < -0.4 is 0 Å². The Morgan fingerprint density at radius 1 is 0.826 bits per heavy atom. The van der Waals surface area contributed by atoms with Crippen LogP contribution in [0, 0.1) is 11.8 Å². The van der Waals surface area contributed by atoms with E-state index in [0.717, 1.165) is 0 Å². The molecule has 0 nitrogen and oxygen atoms in total. The molecule has 128 valence electrons. The number of rotatable bonds is 9. The summed E-state index contributed by atoms with van der Waals surface area (Å²) in [5, 5.41) is 0. The standard InChI is InChI=1S/C20H27F3/c1-12(2)18(21)11-16(7)14(5)9-10-15(6)17(8)20(23)19(22)13(3)4/h11,14-15H,1,3,7-10H2,2,4-6H3/b18-11+,20-19-. The van der Waals surface area contributed by atoms with E-state index < -0.39 is 17.5 Å². The first kappa shape index (κ1) is 21.2. The summed E-state index contributed by atoms with van der Waals surface area (Å²) in [6.07, 6.45) is 2.63. The lowest BCUT2D eigenvalue weighted by atomic mass is 9.89. The van der Waals surface area contributed by atoms with Crippen molar-refractivity contribution in [3.8, 4) is 0 Å². The van der Waals surface area contributed by atoms with Crippen LogP contribution in [0.4, 0.5) is 13.2 Å². The van der Waals surface area contributed by atoms with E-state index in [0.29, 0.717) is 24.0 Å². The Balaban J connectivity index is 4.74. The molecule has 2 unspecified atom stereocenters. The summed E-state index contributed by atoms with van der Waals surface area (Å²) in [4.78, 5) is 0. The van der Waals surface area contributed by atoms with Crippen molar-refractivity contribution in [3.05, 3.63) is 72.2 Å². The largest absolute Gasteiger partial charge is 0.207 e. The Hall–Kier alpha value is -1.77. The van der Waals surface area contributed by atoms with Crippen molar-refractivity contribution >= 4 is 0 Å². The lowest BCUT2D eigenvalue weighted by molar-refractivity contribution is 0.480. The number of hydrogen-bond donors (Lipinski definition) is 0. The summed E-state index contributed by atoms with van der Waals surface area (Å²) in [5.41, 5.74) is 1.15. The van der Waals surface area contributed by atoms with Gasteiger partial charge in [0.1, 0.15) is 5.83 Å². The highest BCUT2D eigenvalue weighted by Crippen LogP contribution is 2.30. The van der Waals surface area contributed by atoms with Gasteiger partial charge in [0.05, 0.1) is 0 Å². The fourth-order valence-corrected chi connectivity index (χ4v) is 1.83. The smallest absolute Gasteiger partial charge is 0.161 e. The average molecular weight is 324 g/mol. The summed E-state index contributed by atoms with van der Waals surface area (Å²) < 4.78 is 41.0. The molecule has 0 heterocycles. The number of allylic oxidation sites excluding steroid dienone is 8. The van der Waals surface area contributed by atoms with Gasteiger partial charge in [-0.2, -0.15) is 0 Å². The van der Waals surface area contributed by atoms with Crippen molar-refractivity contribution in [3.63, 3.8) is 0 Å². The molecule has 0 saturated heterocycles. The maximum Gasteiger partial charge on any atom is 0.161 e. The van der Waals surface area contributed by atoms with Crippen LogP contribution >= 0.6 is 0 Å². The maximum absolute atomic E-state index is 13.9. The average Bonchev–Trinajstić information content (AvgIpc) is 2.49. The third-order valence-corrected chi connectivity index (χ3v) is 3.83. The van der Waals surface area contributed by atoms with Crippen molar-refractivity contribution in [1.29, 1.82) is 0 Å². The molecule has 0 saturated carbocycles. The van der Waals surface area contributed by atoms with E-state index in [9.17, 15) is 13.2 Å². The molecule has 0 aromatic heterocycles. The van der Waals surface area contributed by atoms with Gasteiger partial charge in [-0.15, -0.1) is 0 Å². The van der Waals surface area contributed by atoms with E-state index in [1.54, 1.807) is 13.8 Å². The predicted octanol–water partition coefficient (Wildman–Crippen LogP) is 7.31. The molecule has 0 rings (SSSR count). The highest BCUT2D eigenvalue weighted by molar-refractivity contribution is 5.35. The minimum atomic E-state index is -0.953. The van der Waals surface area contributed by atoms with Crippen LogP contribution in [0.15, 0.2) is 72.2 Å². The predicted molar refractivity (Wildman–Crippen MR) is 93.9 cm³/mol. The molecule has 0 aliphatic rings. The number of hydrogen-bond acceptors (Lipinski definition) is 0. The Morgan fingerprint density at radius 3 is 1.74 bits per heavy atom. The Morgan fingerprint density at radius 2 is 1.30 bits per heavy atom. The van der Waals surface area contributed by atoms with E-state index in [1.807, 2.05) is 6.92 Å². The first-order chi connectivity index (χ1) is 10.5. The lowest BCUT2D eigenvalue weighted by Crippen LogP contribution is -2.05. The van der Waals surface area contributed by atoms with Crippen molar-refractivity contribution in [2.75, 3.05) is 0 Å². The monoisotopic (exact) mass is 324 g/mol. The van der Waals surface area contributed by atoms with Crippen LogP contribution in [-0.4, -0.2) is 0 Å². The fraction of sp³-hybridized carbons (Fsp3) is 0.400. The summed E-state index contributed by atoms with van der Waals surface area (Å²) in [6.45, 7) is 21.1. The molecule has 23 heavy (non-hydrogen) atoms. The van der Waals surface area contributed by atoms with Crippen LogP contribution in [-0.2, 0) is 0 Å².